The van der Waals surface area contributed by atoms with Crippen molar-refractivity contribution in [1.29, 1.82) is 0 Å². The van der Waals surface area contributed by atoms with Crippen LogP contribution in [0.15, 0.2) is 24.3 Å². The Hall–Kier alpha value is -5.20. The normalized spacial score (nSPS) is 28.2. The standard InChI is InChI=1S/C80H116N8O12/c1-21-49-53-25-58(70-61(65(53)89)37-81(42-98-70)45-29-73(5,6)85(93)74(7,8)30-45)51(23-3)55-27-60(72-63(67(55)91)39-83(44-100-72)47-33-77(13,14)87(95)78(15,16)34-47)52(24-4)56-28-59(71-64(68(56)92)40-84(43-99-71)48-35-79(17,18)88(96)80(19,20)36-48)50(22-2)54-26-57(49)69-62(66(54)90)38-82(41-97-69)46-31-75(9,10)86(94)76(11,12)32-46/h25-28,45-52,89-92H,21-24,29-44H2,1-20H3. The summed E-state index contributed by atoms with van der Waals surface area (Å²) in [6, 6.07) is 8.15. The molecule has 13 rings (SSSR count). The van der Waals surface area contributed by atoms with E-state index in [0.29, 0.717) is 171 Å². The van der Waals surface area contributed by atoms with Gasteiger partial charge in [0.15, 0.2) is 0 Å². The number of hydroxylamine groups is 8. The number of phenols is 4. The SMILES string of the molecule is CCC1c2cc(c3c(c2O)CN(C2CC(C)(C)N([O])C(C)(C)C2)CO3)C(CC)c2cc(c3c(c2O)CN(C2CC(C)(C)N([O])C(C)(C)C2)CO3)C(CC)c2cc(c3c(c2O)CN(C2CC(C)(C)N([O])C(C)(C)C2)CO3)C(CC)c2cc1c1c(c2O)CN(C2CC(C)(C)N([O])C(C)(C)C2)CO1. The lowest BCUT2D eigenvalue weighted by molar-refractivity contribution is -0.296. The van der Waals surface area contributed by atoms with Crippen molar-refractivity contribution in [3.63, 3.8) is 0 Å². The molecule has 0 saturated carbocycles. The molecular formula is C80H116N8O12. The lowest BCUT2D eigenvalue weighted by atomic mass is 9.75. The van der Waals surface area contributed by atoms with Crippen molar-refractivity contribution in [2.45, 2.75) is 334 Å². The molecule has 4 unspecified atom stereocenters. The number of rotatable bonds is 8. The van der Waals surface area contributed by atoms with Gasteiger partial charge in [0, 0.05) is 163 Å². The minimum absolute atomic E-state index is 0.0729. The third-order valence-electron chi connectivity index (χ3n) is 25.6. The van der Waals surface area contributed by atoms with E-state index >= 15 is 0 Å². The van der Waals surface area contributed by atoms with Crippen molar-refractivity contribution in [3.05, 3.63) is 91.0 Å². The lowest BCUT2D eigenvalue weighted by Gasteiger charge is -2.53. The molecule has 20 heteroatoms. The van der Waals surface area contributed by atoms with Gasteiger partial charge in [0.05, 0.1) is 22.3 Å². The van der Waals surface area contributed by atoms with Gasteiger partial charge in [-0.25, -0.2) is 0 Å². The van der Waals surface area contributed by atoms with Crippen LogP contribution in [0.4, 0.5) is 0 Å². The van der Waals surface area contributed by atoms with Crippen LogP contribution in [0.2, 0.25) is 0 Å². The number of benzene rings is 4. The number of piperidine rings is 4. The molecule has 1 aliphatic carbocycles. The maximum Gasteiger partial charge on any atom is 0.142 e. The molecule has 4 atom stereocenters. The highest BCUT2D eigenvalue weighted by Crippen LogP contribution is 2.59. The Morgan fingerprint density at radius 3 is 0.610 bits per heavy atom. The van der Waals surface area contributed by atoms with Gasteiger partial charge in [-0.1, -0.05) is 27.7 Å². The van der Waals surface area contributed by atoms with Crippen LogP contribution in [0, 0.1) is 0 Å². The van der Waals surface area contributed by atoms with Crippen molar-refractivity contribution in [3.8, 4) is 46.0 Å². The molecule has 20 nitrogen and oxygen atoms in total. The molecule has 100 heavy (non-hydrogen) atoms. The number of hydrogen-bond donors (Lipinski definition) is 4. The van der Waals surface area contributed by atoms with Crippen molar-refractivity contribution in [2.75, 3.05) is 26.9 Å². The van der Waals surface area contributed by atoms with E-state index in [9.17, 15) is 41.3 Å². The fraction of sp³-hybridized carbons (Fsp3) is 0.700. The molecule has 4 fully saturated rings. The minimum atomic E-state index is -0.682. The first-order chi connectivity index (χ1) is 46.6. The van der Waals surface area contributed by atoms with Gasteiger partial charge in [0.25, 0.3) is 0 Å². The van der Waals surface area contributed by atoms with Gasteiger partial charge in [-0.05, 0) is 212 Å². The van der Waals surface area contributed by atoms with E-state index in [0.717, 1.165) is 22.3 Å². The van der Waals surface area contributed by atoms with E-state index in [4.69, 9.17) is 18.9 Å². The molecular weight excluding hydrogens is 1260 g/mol. The highest BCUT2D eigenvalue weighted by molar-refractivity contribution is 5.69. The first-order valence-electron chi connectivity index (χ1n) is 37.5. The minimum Gasteiger partial charge on any atom is -0.507 e. The van der Waals surface area contributed by atoms with Gasteiger partial charge >= 0.3 is 0 Å². The maximum absolute atomic E-state index is 13.9. The molecule has 9 aliphatic rings. The molecule has 4 aromatic carbocycles. The first-order valence-corrected chi connectivity index (χ1v) is 37.5. The fourth-order valence-electron chi connectivity index (χ4n) is 21.2. The summed E-state index contributed by atoms with van der Waals surface area (Å²) in [5.74, 6) is 0.410. The van der Waals surface area contributed by atoms with Crippen LogP contribution in [-0.2, 0) is 47.0 Å². The fourth-order valence-corrected chi connectivity index (χ4v) is 21.2. The molecule has 8 bridgehead atoms. The summed E-state index contributed by atoms with van der Waals surface area (Å²) in [5.41, 5.74) is 2.83. The number of ether oxygens (including phenoxy) is 4. The largest absolute Gasteiger partial charge is 0.507 e. The summed E-state index contributed by atoms with van der Waals surface area (Å²) in [6.07, 6.45) is 6.65. The average Bonchev–Trinajstić information content (AvgIpc) is 0.704. The molecule has 4 saturated heterocycles. The Balaban J connectivity index is 1.07. The molecule has 4 aromatic rings. The zero-order valence-corrected chi connectivity index (χ0v) is 63.7. The van der Waals surface area contributed by atoms with E-state index in [1.165, 1.54) is 20.3 Å². The Labute approximate surface area is 595 Å². The van der Waals surface area contributed by atoms with E-state index in [2.05, 4.69) is 71.6 Å². The molecule has 8 aliphatic heterocycles. The molecule has 548 valence electrons. The van der Waals surface area contributed by atoms with Crippen LogP contribution < -0.4 is 18.9 Å². The predicted molar refractivity (Wildman–Crippen MR) is 380 cm³/mol. The van der Waals surface area contributed by atoms with Gasteiger partial charge in [0.1, 0.15) is 72.9 Å². The van der Waals surface area contributed by atoms with Crippen LogP contribution in [0.5, 0.6) is 46.0 Å². The van der Waals surface area contributed by atoms with E-state index in [1.54, 1.807) is 0 Å². The zero-order valence-electron chi connectivity index (χ0n) is 63.7. The summed E-state index contributed by atoms with van der Waals surface area (Å²) in [4.78, 5) is 9.09. The molecule has 0 aromatic heterocycles. The third kappa shape index (κ3) is 12.0. The van der Waals surface area contributed by atoms with Gasteiger partial charge < -0.3 is 39.4 Å². The number of aromatic hydroxyl groups is 4. The Morgan fingerprint density at radius 2 is 0.460 bits per heavy atom. The van der Waals surface area contributed by atoms with Crippen LogP contribution in [0.3, 0.4) is 0 Å². The number of nitrogens with zero attached hydrogens (tertiary/aromatic N) is 8. The third-order valence-corrected chi connectivity index (χ3v) is 25.6. The summed E-state index contributed by atoms with van der Waals surface area (Å²) >= 11 is 0. The zero-order chi connectivity index (χ0) is 72.6. The van der Waals surface area contributed by atoms with E-state index in [1.807, 2.05) is 111 Å². The van der Waals surface area contributed by atoms with Crippen LogP contribution in [0.25, 0.3) is 0 Å². The van der Waals surface area contributed by atoms with Crippen molar-refractivity contribution in [1.82, 2.24) is 39.9 Å². The molecule has 4 radical (unpaired) electrons. The van der Waals surface area contributed by atoms with Crippen LogP contribution in [-0.4, -0.2) is 156 Å². The van der Waals surface area contributed by atoms with Crippen molar-refractivity contribution >= 4 is 0 Å². The number of hydrogen-bond acceptors (Lipinski definition) is 16. The monoisotopic (exact) mass is 1380 g/mol. The van der Waals surface area contributed by atoms with E-state index < -0.39 is 68.0 Å². The van der Waals surface area contributed by atoms with Crippen molar-refractivity contribution < 1.29 is 60.2 Å². The summed E-state index contributed by atoms with van der Waals surface area (Å²) in [6.45, 7) is 42.7. The topological polar surface area (TPSA) is 223 Å². The second-order valence-electron chi connectivity index (χ2n) is 36.7. The first kappa shape index (κ1) is 73.1. The molecule has 8 heterocycles. The highest BCUT2D eigenvalue weighted by Gasteiger charge is 2.54. The molecule has 0 spiro atoms. The summed E-state index contributed by atoms with van der Waals surface area (Å²) in [5, 5.41) is 115. The van der Waals surface area contributed by atoms with Gasteiger partial charge in [-0.2, -0.15) is 0 Å². The quantitative estimate of drug-likeness (QED) is 0.129. The second-order valence-corrected chi connectivity index (χ2v) is 36.7. The molecule has 0 amide bonds. The van der Waals surface area contributed by atoms with E-state index in [-0.39, 0.29) is 74.1 Å². The number of phenolic OH excluding ortho intramolecular Hbond substituents is 4. The lowest BCUT2D eigenvalue weighted by Crippen LogP contribution is -2.62. The van der Waals surface area contributed by atoms with Gasteiger partial charge in [-0.15, -0.1) is 41.1 Å². The predicted octanol–water partition coefficient (Wildman–Crippen LogP) is 15.1. The smallest absolute Gasteiger partial charge is 0.142 e. The Morgan fingerprint density at radius 1 is 0.300 bits per heavy atom. The highest BCUT2D eigenvalue weighted by atomic mass is 16.5. The average molecular weight is 1380 g/mol. The Kier molecular flexibility index (Phi) is 18.5. The second kappa shape index (κ2) is 25.3. The van der Waals surface area contributed by atoms with Crippen LogP contribution in [0.1, 0.15) is 306 Å². The summed E-state index contributed by atoms with van der Waals surface area (Å²) < 4.78 is 28.8. The van der Waals surface area contributed by atoms with Crippen molar-refractivity contribution in [2.24, 2.45) is 0 Å². The van der Waals surface area contributed by atoms with Gasteiger partial charge in [-0.3, -0.25) is 19.6 Å². The number of fused-ring (bicyclic) bond motifs is 16. The Bertz CT molecular complexity index is 3270. The van der Waals surface area contributed by atoms with Crippen LogP contribution >= 0.6 is 0 Å². The maximum atomic E-state index is 13.9. The molecule has 4 N–H and O–H groups in total. The van der Waals surface area contributed by atoms with Gasteiger partial charge in [0.2, 0.25) is 0 Å². The summed E-state index contributed by atoms with van der Waals surface area (Å²) in [7, 11) is 0.